The maximum absolute atomic E-state index is 3.61. The molecular weight excluding hydrogens is 208 g/mol. The molecule has 1 aliphatic heterocycles. The van der Waals surface area contributed by atoms with Crippen molar-refractivity contribution in [3.05, 3.63) is 29.3 Å². The molecular formula is C15H24N2. The molecule has 0 bridgehead atoms. The van der Waals surface area contributed by atoms with Crippen LogP contribution in [0.5, 0.6) is 0 Å². The zero-order valence-corrected chi connectivity index (χ0v) is 11.5. The zero-order valence-electron chi connectivity index (χ0n) is 11.5. The minimum atomic E-state index is 0.547. The lowest BCUT2D eigenvalue weighted by atomic mass is 9.95. The molecule has 0 radical (unpaired) electrons. The van der Waals surface area contributed by atoms with E-state index in [9.17, 15) is 0 Å². The summed E-state index contributed by atoms with van der Waals surface area (Å²) in [7, 11) is 4.26. The second-order valence-corrected chi connectivity index (χ2v) is 5.52. The molecule has 1 saturated heterocycles. The fraction of sp³-hybridized carbons (Fsp3) is 0.600. The van der Waals surface area contributed by atoms with E-state index >= 15 is 0 Å². The molecule has 1 atom stereocenters. The van der Waals surface area contributed by atoms with Gasteiger partial charge in [-0.15, -0.1) is 0 Å². The lowest BCUT2D eigenvalue weighted by Crippen LogP contribution is -2.18. The summed E-state index contributed by atoms with van der Waals surface area (Å²) in [5.41, 5.74) is 4.27. The van der Waals surface area contributed by atoms with Crippen LogP contribution in [0.25, 0.3) is 0 Å². The SMILES string of the molecule is CC(C)c1ccc(N(C)C)c(C2CCCN2)c1. The van der Waals surface area contributed by atoms with E-state index in [1.165, 1.54) is 29.7 Å². The van der Waals surface area contributed by atoms with Crippen LogP contribution < -0.4 is 10.2 Å². The molecule has 2 heteroatoms. The van der Waals surface area contributed by atoms with Crippen LogP contribution in [0.15, 0.2) is 18.2 Å². The molecule has 0 amide bonds. The topological polar surface area (TPSA) is 15.3 Å². The van der Waals surface area contributed by atoms with Gasteiger partial charge < -0.3 is 10.2 Å². The van der Waals surface area contributed by atoms with Crippen LogP contribution in [-0.2, 0) is 0 Å². The quantitative estimate of drug-likeness (QED) is 0.860. The van der Waals surface area contributed by atoms with E-state index in [4.69, 9.17) is 0 Å². The van der Waals surface area contributed by atoms with E-state index in [0.29, 0.717) is 12.0 Å². The van der Waals surface area contributed by atoms with Gasteiger partial charge in [-0.25, -0.2) is 0 Å². The largest absolute Gasteiger partial charge is 0.377 e. The lowest BCUT2D eigenvalue weighted by Gasteiger charge is -2.23. The Kier molecular flexibility index (Phi) is 3.72. The van der Waals surface area contributed by atoms with Gasteiger partial charge in [0.15, 0.2) is 0 Å². The van der Waals surface area contributed by atoms with Crippen molar-refractivity contribution in [1.29, 1.82) is 0 Å². The van der Waals surface area contributed by atoms with Gasteiger partial charge in [-0.1, -0.05) is 26.0 Å². The van der Waals surface area contributed by atoms with Crippen LogP contribution in [0.4, 0.5) is 5.69 Å². The number of hydrogen-bond acceptors (Lipinski definition) is 2. The molecule has 1 aromatic carbocycles. The van der Waals surface area contributed by atoms with Crippen LogP contribution in [0.1, 0.15) is 49.8 Å². The first kappa shape index (κ1) is 12.4. The molecule has 0 aliphatic carbocycles. The Morgan fingerprint density at radius 3 is 2.59 bits per heavy atom. The Bertz CT molecular complexity index is 377. The van der Waals surface area contributed by atoms with Crippen LogP contribution >= 0.6 is 0 Å². The summed E-state index contributed by atoms with van der Waals surface area (Å²) in [5, 5.41) is 3.61. The van der Waals surface area contributed by atoms with Crippen molar-refractivity contribution >= 4 is 5.69 Å². The molecule has 0 saturated carbocycles. The fourth-order valence-corrected chi connectivity index (χ4v) is 2.57. The summed E-state index contributed by atoms with van der Waals surface area (Å²) in [6, 6.07) is 7.47. The highest BCUT2D eigenvalue weighted by molar-refractivity contribution is 5.56. The second kappa shape index (κ2) is 5.09. The minimum Gasteiger partial charge on any atom is -0.377 e. The third kappa shape index (κ3) is 2.63. The maximum Gasteiger partial charge on any atom is 0.0409 e. The van der Waals surface area contributed by atoms with Gasteiger partial charge in [-0.2, -0.15) is 0 Å². The molecule has 2 nitrogen and oxygen atoms in total. The van der Waals surface area contributed by atoms with Gasteiger partial charge in [0.2, 0.25) is 0 Å². The van der Waals surface area contributed by atoms with E-state index in [1.54, 1.807) is 0 Å². The number of nitrogens with zero attached hydrogens (tertiary/aromatic N) is 1. The van der Waals surface area contributed by atoms with Crippen LogP contribution in [-0.4, -0.2) is 20.6 Å². The fourth-order valence-electron chi connectivity index (χ4n) is 2.57. The van der Waals surface area contributed by atoms with Gasteiger partial charge in [0.05, 0.1) is 0 Å². The van der Waals surface area contributed by atoms with Gasteiger partial charge in [-0.3, -0.25) is 0 Å². The monoisotopic (exact) mass is 232 g/mol. The first-order chi connectivity index (χ1) is 8.09. The van der Waals surface area contributed by atoms with E-state index in [-0.39, 0.29) is 0 Å². The molecule has 0 aromatic heterocycles. The third-order valence-electron chi connectivity index (χ3n) is 3.64. The maximum atomic E-state index is 3.61. The summed E-state index contributed by atoms with van der Waals surface area (Å²) in [4.78, 5) is 2.22. The molecule has 1 N–H and O–H groups in total. The van der Waals surface area contributed by atoms with Crippen molar-refractivity contribution in [3.8, 4) is 0 Å². The van der Waals surface area contributed by atoms with Crippen LogP contribution in [0, 0.1) is 0 Å². The Labute approximate surface area is 105 Å². The van der Waals surface area contributed by atoms with Gasteiger partial charge in [0.25, 0.3) is 0 Å². The Hall–Kier alpha value is -1.02. The highest BCUT2D eigenvalue weighted by Gasteiger charge is 2.20. The zero-order chi connectivity index (χ0) is 12.4. The van der Waals surface area contributed by atoms with Gasteiger partial charge in [-0.05, 0) is 42.5 Å². The Morgan fingerprint density at radius 2 is 2.06 bits per heavy atom. The highest BCUT2D eigenvalue weighted by atomic mass is 15.1. The molecule has 2 rings (SSSR count). The standard InChI is InChI=1S/C15H24N2/c1-11(2)12-7-8-15(17(3)4)13(10-12)14-6-5-9-16-14/h7-8,10-11,14,16H,5-6,9H2,1-4H3. The van der Waals surface area contributed by atoms with Crippen molar-refractivity contribution in [2.45, 2.75) is 38.6 Å². The summed E-state index contributed by atoms with van der Waals surface area (Å²) in [6.07, 6.45) is 2.56. The first-order valence-corrected chi connectivity index (χ1v) is 6.64. The molecule has 1 aliphatic rings. The summed E-state index contributed by atoms with van der Waals surface area (Å²) in [5.74, 6) is 0.603. The van der Waals surface area contributed by atoms with Crippen molar-refractivity contribution in [2.75, 3.05) is 25.5 Å². The summed E-state index contributed by atoms with van der Waals surface area (Å²) < 4.78 is 0. The van der Waals surface area contributed by atoms with Gasteiger partial charge >= 0.3 is 0 Å². The van der Waals surface area contributed by atoms with Crippen molar-refractivity contribution in [1.82, 2.24) is 5.32 Å². The van der Waals surface area contributed by atoms with Crippen molar-refractivity contribution in [3.63, 3.8) is 0 Å². The molecule has 1 unspecified atom stereocenters. The Balaban J connectivity index is 2.39. The van der Waals surface area contributed by atoms with Gasteiger partial charge in [0, 0.05) is 25.8 Å². The normalized spacial score (nSPS) is 19.9. The average Bonchev–Trinajstić information content (AvgIpc) is 2.81. The van der Waals surface area contributed by atoms with E-state index < -0.39 is 0 Å². The Morgan fingerprint density at radius 1 is 1.29 bits per heavy atom. The third-order valence-corrected chi connectivity index (χ3v) is 3.64. The predicted octanol–water partition coefficient (Wildman–Crippen LogP) is 3.30. The smallest absolute Gasteiger partial charge is 0.0409 e. The predicted molar refractivity (Wildman–Crippen MR) is 74.8 cm³/mol. The minimum absolute atomic E-state index is 0.547. The van der Waals surface area contributed by atoms with E-state index in [0.717, 1.165) is 6.54 Å². The van der Waals surface area contributed by atoms with Crippen molar-refractivity contribution < 1.29 is 0 Å². The number of benzene rings is 1. The second-order valence-electron chi connectivity index (χ2n) is 5.52. The van der Waals surface area contributed by atoms with E-state index in [2.05, 4.69) is 56.4 Å². The van der Waals surface area contributed by atoms with Crippen molar-refractivity contribution in [2.24, 2.45) is 0 Å². The van der Waals surface area contributed by atoms with Crippen LogP contribution in [0.3, 0.4) is 0 Å². The highest BCUT2D eigenvalue weighted by Crippen LogP contribution is 2.33. The molecule has 0 spiro atoms. The lowest BCUT2D eigenvalue weighted by molar-refractivity contribution is 0.645. The van der Waals surface area contributed by atoms with Crippen LogP contribution in [0.2, 0.25) is 0 Å². The number of anilines is 1. The average molecular weight is 232 g/mol. The van der Waals surface area contributed by atoms with Gasteiger partial charge in [0.1, 0.15) is 0 Å². The molecule has 94 valence electrons. The number of hydrogen-bond donors (Lipinski definition) is 1. The number of rotatable bonds is 3. The van der Waals surface area contributed by atoms with E-state index in [1.807, 2.05) is 0 Å². The molecule has 1 fully saturated rings. The summed E-state index contributed by atoms with van der Waals surface area (Å²) >= 11 is 0. The molecule has 1 aromatic rings. The summed E-state index contributed by atoms with van der Waals surface area (Å²) in [6.45, 7) is 5.68. The first-order valence-electron chi connectivity index (χ1n) is 6.64. The molecule has 1 heterocycles. The molecule has 17 heavy (non-hydrogen) atoms. The number of nitrogens with one attached hydrogen (secondary N) is 1.